The predicted molar refractivity (Wildman–Crippen MR) is 123 cm³/mol. The molecule has 1 N–H and O–H groups in total. The van der Waals surface area contributed by atoms with E-state index in [1.54, 1.807) is 38.3 Å². The van der Waals surface area contributed by atoms with Gasteiger partial charge in [0, 0.05) is 23.6 Å². The van der Waals surface area contributed by atoms with Gasteiger partial charge in [-0.1, -0.05) is 12.1 Å². The number of carbonyl (C=O) groups excluding carboxylic acids is 2. The topological polar surface area (TPSA) is 87.0 Å². The summed E-state index contributed by atoms with van der Waals surface area (Å²) >= 11 is 0. The van der Waals surface area contributed by atoms with Crippen molar-refractivity contribution in [2.45, 2.75) is 26.7 Å². The lowest BCUT2D eigenvalue weighted by molar-refractivity contribution is -0.143. The molecule has 0 atom stereocenters. The first-order chi connectivity index (χ1) is 15.5. The van der Waals surface area contributed by atoms with Crippen molar-refractivity contribution in [3.8, 4) is 11.5 Å². The Morgan fingerprint density at radius 3 is 2.62 bits per heavy atom. The van der Waals surface area contributed by atoms with Crippen LogP contribution >= 0.6 is 0 Å². The molecule has 0 spiro atoms. The summed E-state index contributed by atoms with van der Waals surface area (Å²) in [6.45, 7) is 4.33. The smallest absolute Gasteiger partial charge is 0.305 e. The van der Waals surface area contributed by atoms with Crippen LogP contribution in [0.25, 0.3) is 16.5 Å². The molecular weight excluding hydrogens is 410 g/mol. The molecule has 0 saturated heterocycles. The lowest BCUT2D eigenvalue weighted by atomic mass is 10.2. The Hall–Kier alpha value is -3.74. The second-order valence-corrected chi connectivity index (χ2v) is 7.09. The Morgan fingerprint density at radius 2 is 1.91 bits per heavy atom. The van der Waals surface area contributed by atoms with Crippen LogP contribution < -0.4 is 14.8 Å². The van der Waals surface area contributed by atoms with Crippen molar-refractivity contribution in [1.82, 2.24) is 0 Å². The number of rotatable bonds is 10. The van der Waals surface area contributed by atoms with Crippen LogP contribution in [0, 0.1) is 0 Å². The SMILES string of the molecule is CCOC(=O)CCCOc1cccc2cc(/C(C)=C\C(=O)Nc3ccc(OC)cc3)oc12. The standard InChI is InChI=1S/C25H27NO6/c1-4-30-24(28)9-6-14-31-21-8-5-7-18-16-22(32-25(18)21)17(2)15-23(27)26-19-10-12-20(29-3)13-11-19/h5,7-8,10-13,15-16H,4,6,9,14H2,1-3H3,(H,26,27)/b17-15-. The zero-order valence-corrected chi connectivity index (χ0v) is 18.5. The third-order valence-electron chi connectivity index (χ3n) is 4.69. The Kier molecular flexibility index (Phi) is 7.91. The van der Waals surface area contributed by atoms with Crippen LogP contribution in [-0.2, 0) is 14.3 Å². The highest BCUT2D eigenvalue weighted by Crippen LogP contribution is 2.31. The van der Waals surface area contributed by atoms with Crippen molar-refractivity contribution in [3.63, 3.8) is 0 Å². The number of nitrogens with one attached hydrogen (secondary N) is 1. The third-order valence-corrected chi connectivity index (χ3v) is 4.69. The summed E-state index contributed by atoms with van der Waals surface area (Å²) in [6, 6.07) is 14.6. The van der Waals surface area contributed by atoms with Crippen molar-refractivity contribution in [2.75, 3.05) is 25.6 Å². The molecule has 0 unspecified atom stereocenters. The largest absolute Gasteiger partial charge is 0.497 e. The zero-order valence-electron chi connectivity index (χ0n) is 18.5. The summed E-state index contributed by atoms with van der Waals surface area (Å²) in [6.07, 6.45) is 2.34. The number of furan rings is 1. The summed E-state index contributed by atoms with van der Waals surface area (Å²) in [7, 11) is 1.59. The maximum absolute atomic E-state index is 12.4. The molecular formula is C25H27NO6. The molecule has 0 radical (unpaired) electrons. The van der Waals surface area contributed by atoms with Gasteiger partial charge in [-0.3, -0.25) is 9.59 Å². The van der Waals surface area contributed by atoms with Crippen molar-refractivity contribution in [1.29, 1.82) is 0 Å². The summed E-state index contributed by atoms with van der Waals surface area (Å²) in [5.41, 5.74) is 1.95. The highest BCUT2D eigenvalue weighted by Gasteiger charge is 2.12. The summed E-state index contributed by atoms with van der Waals surface area (Å²) in [4.78, 5) is 23.8. The van der Waals surface area contributed by atoms with E-state index < -0.39 is 0 Å². The highest BCUT2D eigenvalue weighted by molar-refractivity contribution is 6.04. The number of ether oxygens (including phenoxy) is 3. The molecule has 7 heteroatoms. The monoisotopic (exact) mass is 437 g/mol. The minimum Gasteiger partial charge on any atom is -0.497 e. The number of para-hydroxylation sites is 1. The first-order valence-corrected chi connectivity index (χ1v) is 10.4. The van der Waals surface area contributed by atoms with Gasteiger partial charge in [-0.05, 0) is 62.2 Å². The van der Waals surface area contributed by atoms with Gasteiger partial charge in [0.15, 0.2) is 11.3 Å². The second-order valence-electron chi connectivity index (χ2n) is 7.09. The normalized spacial score (nSPS) is 11.3. The Labute approximate surface area is 187 Å². The van der Waals surface area contributed by atoms with Crippen LogP contribution in [0.5, 0.6) is 11.5 Å². The molecule has 32 heavy (non-hydrogen) atoms. The van der Waals surface area contributed by atoms with Gasteiger partial charge < -0.3 is 23.9 Å². The van der Waals surface area contributed by atoms with Crippen LogP contribution in [0.3, 0.4) is 0 Å². The van der Waals surface area contributed by atoms with Crippen LogP contribution in [0.15, 0.2) is 59.0 Å². The number of benzene rings is 2. The van der Waals surface area contributed by atoms with Crippen molar-refractivity contribution in [2.24, 2.45) is 0 Å². The Bertz CT molecular complexity index is 1100. The quantitative estimate of drug-likeness (QED) is 0.266. The molecule has 0 aliphatic carbocycles. The number of fused-ring (bicyclic) bond motifs is 1. The summed E-state index contributed by atoms with van der Waals surface area (Å²) < 4.78 is 21.8. The van der Waals surface area contributed by atoms with E-state index in [2.05, 4.69) is 5.32 Å². The van der Waals surface area contributed by atoms with Crippen LogP contribution in [0.2, 0.25) is 0 Å². The molecule has 0 bridgehead atoms. The van der Waals surface area contributed by atoms with Gasteiger partial charge in [0.25, 0.3) is 0 Å². The molecule has 1 aromatic heterocycles. The average molecular weight is 437 g/mol. The van der Waals surface area contributed by atoms with E-state index >= 15 is 0 Å². The van der Waals surface area contributed by atoms with Crippen molar-refractivity contribution in [3.05, 3.63) is 60.4 Å². The van der Waals surface area contributed by atoms with Crippen LogP contribution in [0.4, 0.5) is 5.69 Å². The Morgan fingerprint density at radius 1 is 1.12 bits per heavy atom. The number of amides is 1. The van der Waals surface area contributed by atoms with E-state index in [0.29, 0.717) is 54.4 Å². The lowest BCUT2D eigenvalue weighted by Gasteiger charge is -2.06. The van der Waals surface area contributed by atoms with Crippen LogP contribution in [-0.4, -0.2) is 32.2 Å². The summed E-state index contributed by atoms with van der Waals surface area (Å²) in [5, 5.41) is 3.68. The predicted octanol–water partition coefficient (Wildman–Crippen LogP) is 5.21. The van der Waals surface area contributed by atoms with Gasteiger partial charge in [-0.2, -0.15) is 0 Å². The molecule has 2 aromatic carbocycles. The fraction of sp³-hybridized carbons (Fsp3) is 0.280. The summed E-state index contributed by atoms with van der Waals surface area (Å²) in [5.74, 6) is 1.39. The van der Waals surface area contributed by atoms with Gasteiger partial charge in [-0.25, -0.2) is 0 Å². The minimum absolute atomic E-state index is 0.233. The molecule has 1 heterocycles. The van der Waals surface area contributed by atoms with E-state index in [0.717, 1.165) is 11.1 Å². The maximum Gasteiger partial charge on any atom is 0.305 e. The second kappa shape index (κ2) is 11.0. The molecule has 0 fully saturated rings. The zero-order chi connectivity index (χ0) is 22.9. The first kappa shape index (κ1) is 22.9. The van der Waals surface area contributed by atoms with Gasteiger partial charge in [-0.15, -0.1) is 0 Å². The number of carbonyl (C=O) groups is 2. The fourth-order valence-electron chi connectivity index (χ4n) is 3.10. The number of allylic oxidation sites excluding steroid dienone is 1. The average Bonchev–Trinajstić information content (AvgIpc) is 3.23. The Balaban J connectivity index is 1.65. The van der Waals surface area contributed by atoms with Crippen LogP contribution in [0.1, 0.15) is 32.4 Å². The number of esters is 1. The molecule has 3 rings (SSSR count). The van der Waals surface area contributed by atoms with E-state index in [9.17, 15) is 9.59 Å². The minimum atomic E-state index is -0.261. The van der Waals surface area contributed by atoms with Gasteiger partial charge in [0.1, 0.15) is 11.5 Å². The van der Waals surface area contributed by atoms with Gasteiger partial charge in [0.05, 0.1) is 20.3 Å². The van der Waals surface area contributed by atoms with E-state index in [1.165, 1.54) is 6.08 Å². The molecule has 168 valence electrons. The maximum atomic E-state index is 12.4. The molecule has 0 saturated carbocycles. The third kappa shape index (κ3) is 6.14. The fourth-order valence-corrected chi connectivity index (χ4v) is 3.10. The van der Waals surface area contributed by atoms with Gasteiger partial charge >= 0.3 is 5.97 Å². The molecule has 1 amide bonds. The molecule has 0 aliphatic heterocycles. The first-order valence-electron chi connectivity index (χ1n) is 10.4. The number of anilines is 1. The number of methoxy groups -OCH3 is 1. The van der Waals surface area contributed by atoms with Crippen molar-refractivity contribution >= 4 is 34.1 Å². The van der Waals surface area contributed by atoms with E-state index in [1.807, 2.05) is 31.2 Å². The molecule has 3 aromatic rings. The number of hydrogen-bond acceptors (Lipinski definition) is 6. The van der Waals surface area contributed by atoms with Crippen molar-refractivity contribution < 1.29 is 28.2 Å². The highest BCUT2D eigenvalue weighted by atomic mass is 16.5. The van der Waals surface area contributed by atoms with E-state index in [4.69, 9.17) is 18.6 Å². The lowest BCUT2D eigenvalue weighted by Crippen LogP contribution is -2.08. The molecule has 0 aliphatic rings. The van der Waals surface area contributed by atoms with Gasteiger partial charge in [0.2, 0.25) is 5.91 Å². The molecule has 7 nitrogen and oxygen atoms in total. The number of hydrogen-bond donors (Lipinski definition) is 1. The van der Waals surface area contributed by atoms with E-state index in [-0.39, 0.29) is 11.9 Å².